The zero-order valence-electron chi connectivity index (χ0n) is 9.17. The highest BCUT2D eigenvalue weighted by atomic mass is 79.9. The largest absolute Gasteiger partial charge is 0.356 e. The second kappa shape index (κ2) is 11.2. The lowest BCUT2D eigenvalue weighted by Crippen LogP contribution is -2.12. The van der Waals surface area contributed by atoms with Crippen molar-refractivity contribution in [3.63, 3.8) is 0 Å². The lowest BCUT2D eigenvalue weighted by Gasteiger charge is -2.11. The van der Waals surface area contributed by atoms with Gasteiger partial charge in [-0.1, -0.05) is 28.1 Å². The van der Waals surface area contributed by atoms with E-state index in [2.05, 4.69) is 28.1 Å². The van der Waals surface area contributed by atoms with Crippen LogP contribution in [0.2, 0.25) is 0 Å². The molecule has 0 spiro atoms. The smallest absolute Gasteiger partial charge is 0.156 e. The Morgan fingerprint density at radius 1 is 1.07 bits per heavy atom. The predicted octanol–water partition coefficient (Wildman–Crippen LogP) is 3.51. The second-order valence-corrected chi connectivity index (χ2v) is 3.93. The van der Waals surface area contributed by atoms with E-state index in [1.165, 1.54) is 6.42 Å². The molecule has 0 atom stereocenters. The fourth-order valence-corrected chi connectivity index (χ4v) is 1.47. The average molecular weight is 265 g/mol. The summed E-state index contributed by atoms with van der Waals surface area (Å²) < 4.78 is 10.2. The van der Waals surface area contributed by atoms with Gasteiger partial charge in [0.05, 0.1) is 0 Å². The van der Waals surface area contributed by atoms with Crippen molar-refractivity contribution >= 4 is 15.9 Å². The molecular weight excluding hydrogens is 244 g/mol. The van der Waals surface area contributed by atoms with E-state index in [1.54, 1.807) is 14.2 Å². The molecule has 0 aliphatic carbocycles. The highest BCUT2D eigenvalue weighted by molar-refractivity contribution is 9.09. The van der Waals surface area contributed by atoms with E-state index in [0.29, 0.717) is 0 Å². The Morgan fingerprint density at radius 2 is 1.71 bits per heavy atom. The Balaban J connectivity index is 3.19. The molecule has 0 amide bonds. The Bertz CT molecular complexity index is 133. The van der Waals surface area contributed by atoms with E-state index in [0.717, 1.165) is 31.0 Å². The van der Waals surface area contributed by atoms with E-state index >= 15 is 0 Å². The van der Waals surface area contributed by atoms with Crippen molar-refractivity contribution in [2.45, 2.75) is 38.4 Å². The first-order valence-electron chi connectivity index (χ1n) is 5.11. The molecule has 0 fully saturated rings. The minimum Gasteiger partial charge on any atom is -0.356 e. The van der Waals surface area contributed by atoms with Crippen molar-refractivity contribution in [2.75, 3.05) is 19.5 Å². The SMILES string of the molecule is COC(CCCC/C=C/CCBr)OC. The number of rotatable bonds is 9. The van der Waals surface area contributed by atoms with Crippen LogP contribution < -0.4 is 0 Å². The number of hydrogen-bond donors (Lipinski definition) is 0. The molecule has 0 N–H and O–H groups in total. The zero-order valence-corrected chi connectivity index (χ0v) is 10.8. The normalized spacial score (nSPS) is 11.7. The lowest BCUT2D eigenvalue weighted by atomic mass is 10.2. The zero-order chi connectivity index (χ0) is 10.6. The van der Waals surface area contributed by atoms with Gasteiger partial charge in [0.1, 0.15) is 0 Å². The van der Waals surface area contributed by atoms with Gasteiger partial charge in [-0.3, -0.25) is 0 Å². The van der Waals surface area contributed by atoms with Gasteiger partial charge in [-0.15, -0.1) is 0 Å². The van der Waals surface area contributed by atoms with Gasteiger partial charge < -0.3 is 9.47 Å². The maximum absolute atomic E-state index is 5.10. The number of ether oxygens (including phenoxy) is 2. The number of methoxy groups -OCH3 is 2. The van der Waals surface area contributed by atoms with Crippen LogP contribution in [-0.4, -0.2) is 25.8 Å². The molecular formula is C11H21BrO2. The third-order valence-corrected chi connectivity index (χ3v) is 2.49. The molecule has 0 radical (unpaired) electrons. The Labute approximate surface area is 95.8 Å². The van der Waals surface area contributed by atoms with E-state index in [-0.39, 0.29) is 6.29 Å². The molecule has 0 aromatic heterocycles. The van der Waals surface area contributed by atoms with E-state index in [4.69, 9.17) is 9.47 Å². The predicted molar refractivity (Wildman–Crippen MR) is 63.8 cm³/mol. The minimum absolute atomic E-state index is 0.0264. The fourth-order valence-electron chi connectivity index (χ4n) is 1.20. The van der Waals surface area contributed by atoms with Crippen molar-refractivity contribution in [3.8, 4) is 0 Å². The highest BCUT2D eigenvalue weighted by Crippen LogP contribution is 2.07. The summed E-state index contributed by atoms with van der Waals surface area (Å²) in [5.41, 5.74) is 0. The number of halogens is 1. The lowest BCUT2D eigenvalue weighted by molar-refractivity contribution is -0.107. The molecule has 0 aliphatic rings. The molecule has 0 saturated carbocycles. The summed E-state index contributed by atoms with van der Waals surface area (Å²) in [5.74, 6) is 0. The number of hydrogen-bond acceptors (Lipinski definition) is 2. The molecule has 0 saturated heterocycles. The van der Waals surface area contributed by atoms with Crippen LogP contribution in [-0.2, 0) is 9.47 Å². The van der Waals surface area contributed by atoms with Gasteiger partial charge in [-0.2, -0.15) is 0 Å². The molecule has 0 rings (SSSR count). The molecule has 0 aromatic carbocycles. The summed E-state index contributed by atoms with van der Waals surface area (Å²) in [6.45, 7) is 0. The van der Waals surface area contributed by atoms with Crippen molar-refractivity contribution in [1.29, 1.82) is 0 Å². The number of alkyl halides is 1. The maximum atomic E-state index is 5.10. The van der Waals surface area contributed by atoms with E-state index in [9.17, 15) is 0 Å². The third-order valence-electron chi connectivity index (χ3n) is 2.03. The fraction of sp³-hybridized carbons (Fsp3) is 0.818. The monoisotopic (exact) mass is 264 g/mol. The second-order valence-electron chi connectivity index (χ2n) is 3.13. The van der Waals surface area contributed by atoms with Crippen LogP contribution in [0.3, 0.4) is 0 Å². The Kier molecular flexibility index (Phi) is 11.3. The summed E-state index contributed by atoms with van der Waals surface area (Å²) in [7, 11) is 3.37. The first kappa shape index (κ1) is 14.1. The Hall–Kier alpha value is 0.140. The number of allylic oxidation sites excluding steroid dienone is 2. The standard InChI is InChI=1S/C11H21BrO2/c1-13-11(14-2)9-7-5-3-4-6-8-10-12/h4,6,11H,3,5,7-10H2,1-2H3/b6-4+. The molecule has 0 bridgehead atoms. The van der Waals surface area contributed by atoms with Crippen LogP contribution in [0.4, 0.5) is 0 Å². The average Bonchev–Trinajstić information content (AvgIpc) is 2.22. The van der Waals surface area contributed by atoms with Crippen LogP contribution in [0.25, 0.3) is 0 Å². The van der Waals surface area contributed by atoms with Gasteiger partial charge in [-0.05, 0) is 32.1 Å². The van der Waals surface area contributed by atoms with Crippen molar-refractivity contribution in [1.82, 2.24) is 0 Å². The third kappa shape index (κ3) is 8.73. The summed E-state index contributed by atoms with van der Waals surface area (Å²) in [6, 6.07) is 0. The highest BCUT2D eigenvalue weighted by Gasteiger charge is 2.02. The minimum atomic E-state index is -0.0264. The molecule has 0 unspecified atom stereocenters. The molecule has 0 aliphatic heterocycles. The molecule has 2 nitrogen and oxygen atoms in total. The Morgan fingerprint density at radius 3 is 2.29 bits per heavy atom. The topological polar surface area (TPSA) is 18.5 Å². The first-order valence-corrected chi connectivity index (χ1v) is 6.23. The van der Waals surface area contributed by atoms with E-state index < -0.39 is 0 Å². The molecule has 84 valence electrons. The van der Waals surface area contributed by atoms with Gasteiger partial charge >= 0.3 is 0 Å². The molecule has 3 heteroatoms. The first-order chi connectivity index (χ1) is 6.85. The molecule has 14 heavy (non-hydrogen) atoms. The van der Waals surface area contributed by atoms with Crippen LogP contribution >= 0.6 is 15.9 Å². The van der Waals surface area contributed by atoms with Gasteiger partial charge in [0.25, 0.3) is 0 Å². The maximum Gasteiger partial charge on any atom is 0.156 e. The van der Waals surface area contributed by atoms with Crippen molar-refractivity contribution < 1.29 is 9.47 Å². The van der Waals surface area contributed by atoms with Crippen molar-refractivity contribution in [2.24, 2.45) is 0 Å². The van der Waals surface area contributed by atoms with Gasteiger partial charge in [-0.25, -0.2) is 0 Å². The van der Waals surface area contributed by atoms with Gasteiger partial charge in [0.15, 0.2) is 6.29 Å². The van der Waals surface area contributed by atoms with Crippen molar-refractivity contribution in [3.05, 3.63) is 12.2 Å². The van der Waals surface area contributed by atoms with Crippen LogP contribution in [0.5, 0.6) is 0 Å². The summed E-state index contributed by atoms with van der Waals surface area (Å²) in [5, 5.41) is 1.05. The summed E-state index contributed by atoms with van der Waals surface area (Å²) >= 11 is 3.39. The van der Waals surface area contributed by atoms with Crippen LogP contribution in [0.15, 0.2) is 12.2 Å². The van der Waals surface area contributed by atoms with E-state index in [1.807, 2.05) is 0 Å². The van der Waals surface area contributed by atoms with Gasteiger partial charge in [0.2, 0.25) is 0 Å². The van der Waals surface area contributed by atoms with Crippen LogP contribution in [0.1, 0.15) is 32.1 Å². The quantitative estimate of drug-likeness (QED) is 0.275. The van der Waals surface area contributed by atoms with Crippen LogP contribution in [0, 0.1) is 0 Å². The number of unbranched alkanes of at least 4 members (excludes halogenated alkanes) is 2. The van der Waals surface area contributed by atoms with Gasteiger partial charge in [0, 0.05) is 19.5 Å². The molecule has 0 heterocycles. The summed E-state index contributed by atoms with van der Waals surface area (Å²) in [4.78, 5) is 0. The summed E-state index contributed by atoms with van der Waals surface area (Å²) in [6.07, 6.45) is 10.1. The molecule has 0 aromatic rings.